The first-order chi connectivity index (χ1) is 17.5. The van der Waals surface area contributed by atoms with Crippen molar-refractivity contribution < 1.29 is 33.7 Å². The van der Waals surface area contributed by atoms with Gasteiger partial charge in [-0.25, -0.2) is 9.37 Å². The first kappa shape index (κ1) is 28.3. The summed E-state index contributed by atoms with van der Waals surface area (Å²) in [5, 5.41) is 24.7. The molecule has 0 radical (unpaired) electrons. The normalized spacial score (nSPS) is 37.5. The first-order valence-electron chi connectivity index (χ1n) is 13.6. The molecule has 0 bridgehead atoms. The zero-order valence-corrected chi connectivity index (χ0v) is 23.1. The number of hydrogen-bond acceptors (Lipinski definition) is 8. The Balaban J connectivity index is 1.59. The summed E-state index contributed by atoms with van der Waals surface area (Å²) in [6, 6.07) is 0. The molecular formula is C28H40FNO6S. The number of aryl methyl sites for hydroxylation is 1. The molecule has 1 saturated carbocycles. The molecule has 9 heteroatoms. The number of esters is 1. The summed E-state index contributed by atoms with van der Waals surface area (Å²) in [7, 11) is 0. The van der Waals surface area contributed by atoms with Crippen molar-refractivity contribution in [3.8, 4) is 0 Å². The van der Waals surface area contributed by atoms with Crippen LogP contribution in [0.5, 0.6) is 0 Å². The van der Waals surface area contributed by atoms with Crippen LogP contribution in [0.2, 0.25) is 0 Å². The third-order valence-electron chi connectivity index (χ3n) is 8.81. The van der Waals surface area contributed by atoms with Crippen molar-refractivity contribution in [3.63, 3.8) is 0 Å². The number of nitrogens with zero attached hydrogens (tertiary/aromatic N) is 1. The number of aliphatic hydroxyl groups excluding tert-OH is 2. The molecule has 1 spiro atoms. The standard InChI is InChI=1S/C28H40FNO6S/c1-5-19-25(33)16(2)8-6-9-27(4)23(36-27)13-21(20(29)12-18-15-37-17(3)30-18)35-24(32)14-22(31)28(26(19)34)10-7-11-28/h12,15-16,19,21-23,25,31,33H,5-11,13-14H2,1-4H3/t16-,19+,21-,22-,23+,25-,27+/m0/s1. The molecule has 37 heavy (non-hydrogen) atoms. The van der Waals surface area contributed by atoms with E-state index in [0.717, 1.165) is 30.7 Å². The molecule has 0 aromatic carbocycles. The third kappa shape index (κ3) is 6.00. The van der Waals surface area contributed by atoms with Gasteiger partial charge >= 0.3 is 5.97 Å². The lowest BCUT2D eigenvalue weighted by Crippen LogP contribution is -2.53. The third-order valence-corrected chi connectivity index (χ3v) is 9.60. The lowest BCUT2D eigenvalue weighted by Gasteiger charge is -2.46. The summed E-state index contributed by atoms with van der Waals surface area (Å²) in [6.45, 7) is 7.62. The van der Waals surface area contributed by atoms with Gasteiger partial charge in [0.1, 0.15) is 11.6 Å². The van der Waals surface area contributed by atoms with E-state index < -0.39 is 53.5 Å². The van der Waals surface area contributed by atoms with Gasteiger partial charge in [0.25, 0.3) is 0 Å². The molecule has 3 fully saturated rings. The Hall–Kier alpha value is -1.68. The smallest absolute Gasteiger partial charge is 0.309 e. The highest BCUT2D eigenvalue weighted by molar-refractivity contribution is 7.09. The van der Waals surface area contributed by atoms with Crippen molar-refractivity contribution in [1.82, 2.24) is 4.98 Å². The quantitative estimate of drug-likeness (QED) is 0.416. The number of rotatable bonds is 3. The Morgan fingerprint density at radius 1 is 1.27 bits per heavy atom. The van der Waals surface area contributed by atoms with Gasteiger partial charge in [-0.1, -0.05) is 26.7 Å². The number of halogens is 1. The molecule has 0 amide bonds. The van der Waals surface area contributed by atoms with E-state index in [1.807, 2.05) is 27.7 Å². The van der Waals surface area contributed by atoms with Crippen LogP contribution in [0.3, 0.4) is 0 Å². The Labute approximate surface area is 222 Å². The molecule has 1 aromatic rings. The van der Waals surface area contributed by atoms with Gasteiger partial charge in [-0.2, -0.15) is 0 Å². The van der Waals surface area contributed by atoms with Crippen molar-refractivity contribution in [2.24, 2.45) is 17.3 Å². The van der Waals surface area contributed by atoms with Crippen molar-refractivity contribution in [3.05, 3.63) is 21.9 Å². The second-order valence-corrected chi connectivity index (χ2v) is 12.5. The average molecular weight is 538 g/mol. The van der Waals surface area contributed by atoms with Gasteiger partial charge in [-0.3, -0.25) is 9.59 Å². The Kier molecular flexibility index (Phi) is 8.58. The van der Waals surface area contributed by atoms with Crippen LogP contribution in [0.4, 0.5) is 4.39 Å². The topological polar surface area (TPSA) is 109 Å². The van der Waals surface area contributed by atoms with Crippen LogP contribution < -0.4 is 0 Å². The van der Waals surface area contributed by atoms with Gasteiger partial charge in [0.05, 0.1) is 46.5 Å². The second kappa shape index (κ2) is 11.2. The van der Waals surface area contributed by atoms with E-state index >= 15 is 4.39 Å². The van der Waals surface area contributed by atoms with Crippen LogP contribution in [0.25, 0.3) is 6.08 Å². The number of hydrogen-bond donors (Lipinski definition) is 2. The molecule has 4 rings (SSSR count). The fourth-order valence-corrected chi connectivity index (χ4v) is 6.63. The number of epoxide rings is 1. The molecule has 2 N–H and O–H groups in total. The summed E-state index contributed by atoms with van der Waals surface area (Å²) >= 11 is 1.40. The number of Topliss-reactive ketones (excluding diaryl/α,β-unsaturated/α-hetero) is 1. The summed E-state index contributed by atoms with van der Waals surface area (Å²) in [5.41, 5.74) is -1.07. The molecule has 1 aromatic heterocycles. The fourth-order valence-electron chi connectivity index (χ4n) is 6.06. The number of carbonyl (C=O) groups excluding carboxylic acids is 2. The van der Waals surface area contributed by atoms with Gasteiger partial charge < -0.3 is 19.7 Å². The zero-order valence-electron chi connectivity index (χ0n) is 22.2. The van der Waals surface area contributed by atoms with E-state index in [1.54, 1.807) is 5.38 Å². The number of fused-ring (bicyclic) bond motifs is 1. The SMILES string of the molecule is CC[C@H]1C(=O)C2(CCC2)[C@@H](O)CC(=O)O[C@H](C(F)=Cc2csc(C)n2)C[C@H]2O[C@]2(C)CCC[C@H](C)[C@@H]1O. The van der Waals surface area contributed by atoms with Crippen molar-refractivity contribution in [2.75, 3.05) is 0 Å². The average Bonchev–Trinajstić information content (AvgIpc) is 3.24. The number of carbonyl (C=O) groups is 2. The van der Waals surface area contributed by atoms with Gasteiger partial charge in [-0.05, 0) is 57.9 Å². The lowest BCUT2D eigenvalue weighted by atomic mass is 9.58. The molecule has 7 atom stereocenters. The monoisotopic (exact) mass is 537 g/mol. The van der Waals surface area contributed by atoms with E-state index in [0.29, 0.717) is 25.0 Å². The summed E-state index contributed by atoms with van der Waals surface area (Å²) in [6.07, 6.45) is 1.91. The van der Waals surface area contributed by atoms with E-state index in [9.17, 15) is 19.8 Å². The van der Waals surface area contributed by atoms with Crippen LogP contribution in [-0.4, -0.2) is 57.0 Å². The van der Waals surface area contributed by atoms with E-state index in [1.165, 1.54) is 17.4 Å². The molecular weight excluding hydrogens is 497 g/mol. The van der Waals surface area contributed by atoms with Crippen molar-refractivity contribution >= 4 is 29.2 Å². The summed E-state index contributed by atoms with van der Waals surface area (Å²) in [4.78, 5) is 30.9. The maximum Gasteiger partial charge on any atom is 0.309 e. The van der Waals surface area contributed by atoms with Crippen molar-refractivity contribution in [2.45, 2.75) is 115 Å². The highest BCUT2D eigenvalue weighted by atomic mass is 32.1. The van der Waals surface area contributed by atoms with E-state index in [-0.39, 0.29) is 24.2 Å². The molecule has 1 aliphatic carbocycles. The number of ether oxygens (including phenoxy) is 2. The Bertz CT molecular complexity index is 1020. The van der Waals surface area contributed by atoms with Crippen LogP contribution in [-0.2, 0) is 19.1 Å². The zero-order chi connectivity index (χ0) is 27.0. The largest absolute Gasteiger partial charge is 0.455 e. The highest BCUT2D eigenvalue weighted by Gasteiger charge is 2.55. The van der Waals surface area contributed by atoms with Gasteiger partial charge in [-0.15, -0.1) is 11.3 Å². The first-order valence-corrected chi connectivity index (χ1v) is 14.4. The van der Waals surface area contributed by atoms with Crippen molar-refractivity contribution in [1.29, 1.82) is 0 Å². The molecule has 2 saturated heterocycles. The summed E-state index contributed by atoms with van der Waals surface area (Å²) in [5.74, 6) is -2.26. The molecule has 7 nitrogen and oxygen atoms in total. The van der Waals surface area contributed by atoms with Gasteiger partial charge in [0.2, 0.25) is 0 Å². The van der Waals surface area contributed by atoms with Crippen LogP contribution >= 0.6 is 11.3 Å². The predicted molar refractivity (Wildman–Crippen MR) is 138 cm³/mol. The van der Waals surface area contributed by atoms with Crippen LogP contribution in [0, 0.1) is 24.2 Å². The Morgan fingerprint density at radius 3 is 2.59 bits per heavy atom. The van der Waals surface area contributed by atoms with E-state index in [2.05, 4.69) is 4.98 Å². The minimum atomic E-state index is -1.25. The predicted octanol–water partition coefficient (Wildman–Crippen LogP) is 4.92. The van der Waals surface area contributed by atoms with E-state index in [4.69, 9.17) is 9.47 Å². The minimum absolute atomic E-state index is 0.100. The maximum atomic E-state index is 15.4. The van der Waals surface area contributed by atoms with Gasteiger partial charge in [0, 0.05) is 17.7 Å². The summed E-state index contributed by atoms with van der Waals surface area (Å²) < 4.78 is 26.9. The minimum Gasteiger partial charge on any atom is -0.455 e. The van der Waals surface area contributed by atoms with Gasteiger partial charge in [0.15, 0.2) is 6.10 Å². The molecule has 0 unspecified atom stereocenters. The number of aliphatic hydroxyl groups is 2. The maximum absolute atomic E-state index is 15.4. The number of ketones is 1. The number of aromatic nitrogens is 1. The molecule has 206 valence electrons. The second-order valence-electron chi connectivity index (χ2n) is 11.4. The van der Waals surface area contributed by atoms with Crippen LogP contribution in [0.15, 0.2) is 11.2 Å². The molecule has 3 heterocycles. The Morgan fingerprint density at radius 2 is 2.00 bits per heavy atom. The number of thiazole rings is 1. The highest BCUT2D eigenvalue weighted by Crippen LogP contribution is 2.49. The van der Waals surface area contributed by atoms with Crippen LogP contribution in [0.1, 0.15) is 89.3 Å². The fraction of sp³-hybridized carbons (Fsp3) is 0.750. The lowest BCUT2D eigenvalue weighted by molar-refractivity contribution is -0.162. The molecule has 3 aliphatic rings. The molecule has 2 aliphatic heterocycles. The number of cyclic esters (lactones) is 1.